The summed E-state index contributed by atoms with van der Waals surface area (Å²) >= 11 is 1.20. The Labute approximate surface area is 152 Å². The normalized spacial score (nSPS) is 12.6. The van der Waals surface area contributed by atoms with E-state index < -0.39 is 23.9 Å². The second-order valence-electron chi connectivity index (χ2n) is 5.38. The van der Waals surface area contributed by atoms with Crippen molar-refractivity contribution in [3.05, 3.63) is 35.5 Å². The molecule has 0 saturated heterocycles. The van der Waals surface area contributed by atoms with Gasteiger partial charge in [-0.05, 0) is 36.9 Å². The molecule has 0 aliphatic heterocycles. The third-order valence-electron chi connectivity index (χ3n) is 3.57. The molecule has 1 aromatic carbocycles. The molecule has 3 rings (SSSR count). The highest BCUT2D eigenvalue weighted by Crippen LogP contribution is 2.40. The predicted octanol–water partition coefficient (Wildman–Crippen LogP) is 4.74. The number of fused-ring (bicyclic) bond motifs is 1. The van der Waals surface area contributed by atoms with E-state index in [1.165, 1.54) is 22.5 Å². The molecule has 0 atom stereocenters. The zero-order valence-electron chi connectivity index (χ0n) is 13.7. The van der Waals surface area contributed by atoms with Crippen LogP contribution >= 0.6 is 11.8 Å². The van der Waals surface area contributed by atoms with E-state index in [0.29, 0.717) is 22.3 Å². The number of benzene rings is 1. The molecule has 0 unspecified atom stereocenters. The van der Waals surface area contributed by atoms with Gasteiger partial charge in [0.2, 0.25) is 5.16 Å². The minimum Gasteiger partial charge on any atom is -0.405 e. The van der Waals surface area contributed by atoms with Gasteiger partial charge < -0.3 is 4.74 Å². The number of hydrogen-bond donors (Lipinski definition) is 0. The van der Waals surface area contributed by atoms with E-state index in [1.807, 2.05) is 0 Å². The molecule has 12 heteroatoms. The first kappa shape index (κ1) is 19.3. The van der Waals surface area contributed by atoms with Crippen molar-refractivity contribution in [3.63, 3.8) is 0 Å². The molecule has 2 heterocycles. The second kappa shape index (κ2) is 6.59. The summed E-state index contributed by atoms with van der Waals surface area (Å²) in [5, 5.41) is 12.2. The monoisotopic (exact) mass is 408 g/mol. The fourth-order valence-corrected chi connectivity index (χ4v) is 2.89. The number of aromatic nitrogens is 4. The Bertz CT molecular complexity index is 998. The van der Waals surface area contributed by atoms with Crippen LogP contribution in [0.4, 0.5) is 26.3 Å². The Balaban J connectivity index is 2.28. The zero-order chi connectivity index (χ0) is 20.0. The van der Waals surface area contributed by atoms with E-state index in [2.05, 4.69) is 20.0 Å². The van der Waals surface area contributed by atoms with Gasteiger partial charge >= 0.3 is 12.5 Å². The Morgan fingerprint density at radius 3 is 2.37 bits per heavy atom. The molecule has 0 bridgehead atoms. The molecule has 0 fully saturated rings. The van der Waals surface area contributed by atoms with E-state index in [-0.39, 0.29) is 17.3 Å². The lowest BCUT2D eigenvalue weighted by molar-refractivity contribution is -0.274. The highest BCUT2D eigenvalue weighted by Gasteiger charge is 2.36. The number of nitrogens with zero attached hydrogens (tertiary/aromatic N) is 4. The van der Waals surface area contributed by atoms with Gasteiger partial charge in [-0.25, -0.2) is 4.52 Å². The quantitative estimate of drug-likeness (QED) is 0.463. The summed E-state index contributed by atoms with van der Waals surface area (Å²) in [4.78, 5) is 0. The number of aryl methyl sites for hydroxylation is 1. The van der Waals surface area contributed by atoms with Gasteiger partial charge in [0.1, 0.15) is 17.0 Å². The van der Waals surface area contributed by atoms with Gasteiger partial charge in [0, 0.05) is 5.56 Å². The molecule has 0 aliphatic rings. The third-order valence-corrected chi connectivity index (χ3v) is 4.19. The lowest BCUT2D eigenvalue weighted by Crippen LogP contribution is -2.18. The van der Waals surface area contributed by atoms with Gasteiger partial charge in [-0.15, -0.1) is 23.4 Å². The van der Waals surface area contributed by atoms with Crippen LogP contribution in [-0.4, -0.2) is 32.4 Å². The molecule has 5 nitrogen and oxygen atoms in total. The van der Waals surface area contributed by atoms with Gasteiger partial charge in [0.05, 0.1) is 11.8 Å². The van der Waals surface area contributed by atoms with Gasteiger partial charge in [0.25, 0.3) is 0 Å². The van der Waals surface area contributed by atoms with Crippen LogP contribution in [0.15, 0.2) is 29.6 Å². The summed E-state index contributed by atoms with van der Waals surface area (Å²) in [6.45, 7) is 1.64. The van der Waals surface area contributed by atoms with Gasteiger partial charge in [-0.2, -0.15) is 18.3 Å². The molecule has 0 aliphatic carbocycles. The van der Waals surface area contributed by atoms with Crippen LogP contribution in [0.5, 0.6) is 5.75 Å². The predicted molar refractivity (Wildman–Crippen MR) is 84.4 cm³/mol. The van der Waals surface area contributed by atoms with Crippen molar-refractivity contribution in [3.8, 4) is 17.0 Å². The molecule has 27 heavy (non-hydrogen) atoms. The molecular formula is C15H10F6N4OS. The molecule has 0 spiro atoms. The van der Waals surface area contributed by atoms with Gasteiger partial charge in [0.15, 0.2) is 0 Å². The Morgan fingerprint density at radius 2 is 1.78 bits per heavy atom. The van der Waals surface area contributed by atoms with Crippen LogP contribution in [0.3, 0.4) is 0 Å². The highest BCUT2D eigenvalue weighted by atomic mass is 32.2. The summed E-state index contributed by atoms with van der Waals surface area (Å²) in [6, 6.07) is 1.82. The number of alkyl halides is 6. The number of halogens is 6. The van der Waals surface area contributed by atoms with Crippen LogP contribution in [0.25, 0.3) is 16.8 Å². The van der Waals surface area contributed by atoms with Crippen molar-refractivity contribution in [1.82, 2.24) is 19.8 Å². The fraction of sp³-hybridized carbons (Fsp3) is 0.267. The van der Waals surface area contributed by atoms with Crippen molar-refractivity contribution in [1.29, 1.82) is 0 Å². The average molecular weight is 408 g/mol. The molecule has 144 valence electrons. The number of rotatable bonds is 3. The van der Waals surface area contributed by atoms with Gasteiger partial charge in [-0.1, -0.05) is 11.8 Å². The number of thioether (sulfide) groups is 1. The standard InChI is InChI=1S/C15H10F6N4OS/c1-7-6-22-25-12(7)11(23-24-13(25)27-2)9-4-3-8(14(16,17)18)5-10(9)26-15(19,20)21/h3-6H,1-2H3. The number of ether oxygens (including phenoxy) is 1. The molecule has 0 N–H and O–H groups in total. The van der Waals surface area contributed by atoms with Gasteiger partial charge in [-0.3, -0.25) is 0 Å². The Hall–Kier alpha value is -2.50. The molecule has 0 amide bonds. The summed E-state index contributed by atoms with van der Waals surface area (Å²) in [5.74, 6) is -1.02. The van der Waals surface area contributed by atoms with E-state index in [4.69, 9.17) is 0 Å². The van der Waals surface area contributed by atoms with Crippen LogP contribution in [0.2, 0.25) is 0 Å². The molecule has 0 radical (unpaired) electrons. The first-order valence-electron chi connectivity index (χ1n) is 7.23. The van der Waals surface area contributed by atoms with E-state index >= 15 is 0 Å². The van der Waals surface area contributed by atoms with Crippen molar-refractivity contribution in [2.75, 3.05) is 6.26 Å². The summed E-state index contributed by atoms with van der Waals surface area (Å²) in [5.41, 5.74) is -0.750. The Kier molecular flexibility index (Phi) is 4.70. The van der Waals surface area contributed by atoms with Crippen molar-refractivity contribution >= 4 is 17.3 Å². The smallest absolute Gasteiger partial charge is 0.405 e. The summed E-state index contributed by atoms with van der Waals surface area (Å²) in [7, 11) is 0. The van der Waals surface area contributed by atoms with Crippen molar-refractivity contribution < 1.29 is 31.1 Å². The van der Waals surface area contributed by atoms with Crippen LogP contribution in [0, 0.1) is 6.92 Å². The minimum atomic E-state index is -5.18. The van der Waals surface area contributed by atoms with E-state index in [0.717, 1.165) is 6.07 Å². The summed E-state index contributed by atoms with van der Waals surface area (Å²) in [6.07, 6.45) is -6.86. The Morgan fingerprint density at radius 1 is 1.07 bits per heavy atom. The molecule has 2 aromatic heterocycles. The van der Waals surface area contributed by atoms with Crippen LogP contribution in [-0.2, 0) is 6.18 Å². The minimum absolute atomic E-state index is 0.0734. The van der Waals surface area contributed by atoms with E-state index in [9.17, 15) is 26.3 Å². The maximum atomic E-state index is 12.9. The maximum Gasteiger partial charge on any atom is 0.573 e. The maximum absolute atomic E-state index is 12.9. The highest BCUT2D eigenvalue weighted by molar-refractivity contribution is 7.98. The first-order chi connectivity index (χ1) is 12.5. The van der Waals surface area contributed by atoms with E-state index in [1.54, 1.807) is 13.2 Å². The SMILES string of the molecule is CSc1nnc(-c2ccc(C(F)(F)F)cc2OC(F)(F)F)c2c(C)cnn12. The lowest BCUT2D eigenvalue weighted by atomic mass is 10.1. The van der Waals surface area contributed by atoms with Crippen molar-refractivity contribution in [2.45, 2.75) is 24.6 Å². The first-order valence-corrected chi connectivity index (χ1v) is 8.46. The number of hydrogen-bond acceptors (Lipinski definition) is 5. The molecule has 3 aromatic rings. The third kappa shape index (κ3) is 3.80. The van der Waals surface area contributed by atoms with Crippen LogP contribution in [0.1, 0.15) is 11.1 Å². The van der Waals surface area contributed by atoms with Crippen molar-refractivity contribution in [2.24, 2.45) is 0 Å². The van der Waals surface area contributed by atoms with Crippen LogP contribution < -0.4 is 4.74 Å². The molecular weight excluding hydrogens is 398 g/mol. The average Bonchev–Trinajstić information content (AvgIpc) is 2.94. The summed E-state index contributed by atoms with van der Waals surface area (Å²) < 4.78 is 82.2. The fourth-order valence-electron chi connectivity index (χ4n) is 2.46. The largest absolute Gasteiger partial charge is 0.573 e. The zero-order valence-corrected chi connectivity index (χ0v) is 14.5. The lowest BCUT2D eigenvalue weighted by Gasteiger charge is -2.16. The molecule has 0 saturated carbocycles. The topological polar surface area (TPSA) is 52.3 Å². The second-order valence-corrected chi connectivity index (χ2v) is 6.15.